The first-order chi connectivity index (χ1) is 10.2. The number of rotatable bonds is 5. The lowest BCUT2D eigenvalue weighted by Crippen LogP contribution is -2.48. The molecule has 21 heavy (non-hydrogen) atoms. The number of thiazole rings is 1. The van der Waals surface area contributed by atoms with Crippen molar-refractivity contribution in [2.24, 2.45) is 5.92 Å². The van der Waals surface area contributed by atoms with Crippen molar-refractivity contribution in [1.82, 2.24) is 10.3 Å². The van der Waals surface area contributed by atoms with Crippen molar-refractivity contribution in [3.8, 4) is 0 Å². The largest absolute Gasteiger partial charge is 0.378 e. The monoisotopic (exact) mass is 310 g/mol. The van der Waals surface area contributed by atoms with Crippen LogP contribution in [0, 0.1) is 12.8 Å². The fraction of sp³-hybridized carbons (Fsp3) is 0.812. The second-order valence-corrected chi connectivity index (χ2v) is 7.38. The Morgan fingerprint density at radius 1 is 1.52 bits per heavy atom. The maximum Gasteiger partial charge on any atom is 0.0939 e. The molecule has 0 bridgehead atoms. The van der Waals surface area contributed by atoms with Crippen molar-refractivity contribution in [2.75, 3.05) is 26.4 Å². The Labute approximate surface area is 131 Å². The van der Waals surface area contributed by atoms with Gasteiger partial charge < -0.3 is 14.8 Å². The Balaban J connectivity index is 1.67. The Bertz CT molecular complexity index is 457. The second kappa shape index (κ2) is 6.73. The van der Waals surface area contributed by atoms with E-state index >= 15 is 0 Å². The molecule has 2 fully saturated rings. The molecule has 4 nitrogen and oxygen atoms in total. The fourth-order valence-electron chi connectivity index (χ4n) is 3.67. The highest BCUT2D eigenvalue weighted by molar-refractivity contribution is 7.09. The van der Waals surface area contributed by atoms with Crippen LogP contribution in [0.15, 0.2) is 5.38 Å². The zero-order valence-corrected chi connectivity index (χ0v) is 13.9. The Kier molecular flexibility index (Phi) is 4.94. The normalized spacial score (nSPS) is 30.9. The van der Waals surface area contributed by atoms with Gasteiger partial charge in [0.25, 0.3) is 0 Å². The van der Waals surface area contributed by atoms with E-state index in [1.54, 1.807) is 11.3 Å². The average molecular weight is 310 g/mol. The zero-order valence-electron chi connectivity index (χ0n) is 13.1. The smallest absolute Gasteiger partial charge is 0.0939 e. The summed E-state index contributed by atoms with van der Waals surface area (Å²) in [6.45, 7) is 7.77. The van der Waals surface area contributed by atoms with Crippen LogP contribution in [0.4, 0.5) is 0 Å². The summed E-state index contributed by atoms with van der Waals surface area (Å²) in [6.07, 6.45) is 4.34. The lowest BCUT2D eigenvalue weighted by Gasteiger charge is -2.40. The first kappa shape index (κ1) is 15.4. The molecular formula is C16H26N2O2S. The molecule has 5 heteroatoms. The van der Waals surface area contributed by atoms with Gasteiger partial charge in [0, 0.05) is 37.5 Å². The maximum absolute atomic E-state index is 6.07. The predicted molar refractivity (Wildman–Crippen MR) is 84.9 cm³/mol. The first-order valence-corrected chi connectivity index (χ1v) is 8.95. The molecule has 3 heterocycles. The summed E-state index contributed by atoms with van der Waals surface area (Å²) >= 11 is 1.75. The molecule has 1 aromatic rings. The predicted octanol–water partition coefficient (Wildman–Crippen LogP) is 2.56. The van der Waals surface area contributed by atoms with Crippen molar-refractivity contribution in [3.63, 3.8) is 0 Å². The lowest BCUT2D eigenvalue weighted by atomic mass is 9.80. The van der Waals surface area contributed by atoms with Gasteiger partial charge in [0.15, 0.2) is 0 Å². The molecule has 0 radical (unpaired) electrons. The third-order valence-corrected chi connectivity index (χ3v) is 5.55. The molecule has 0 saturated carbocycles. The van der Waals surface area contributed by atoms with E-state index in [0.717, 1.165) is 57.1 Å². The van der Waals surface area contributed by atoms with Crippen LogP contribution in [0.1, 0.15) is 36.9 Å². The Morgan fingerprint density at radius 3 is 3.10 bits per heavy atom. The van der Waals surface area contributed by atoms with E-state index in [4.69, 9.17) is 9.47 Å². The highest BCUT2D eigenvalue weighted by Crippen LogP contribution is 2.37. The van der Waals surface area contributed by atoms with E-state index in [9.17, 15) is 0 Å². The van der Waals surface area contributed by atoms with Crippen LogP contribution in [0.3, 0.4) is 0 Å². The quantitative estimate of drug-likeness (QED) is 0.908. The average Bonchev–Trinajstić information content (AvgIpc) is 3.08. The molecule has 0 amide bonds. The highest BCUT2D eigenvalue weighted by atomic mass is 32.1. The summed E-state index contributed by atoms with van der Waals surface area (Å²) in [5.74, 6) is 0.655. The molecule has 3 rings (SSSR count). The van der Waals surface area contributed by atoms with Gasteiger partial charge in [-0.25, -0.2) is 4.98 Å². The lowest BCUT2D eigenvalue weighted by molar-refractivity contribution is -0.103. The van der Waals surface area contributed by atoms with Crippen LogP contribution in [-0.2, 0) is 15.9 Å². The fourth-order valence-corrected chi connectivity index (χ4v) is 4.29. The number of aromatic nitrogens is 1. The summed E-state index contributed by atoms with van der Waals surface area (Å²) in [7, 11) is 0. The van der Waals surface area contributed by atoms with Gasteiger partial charge in [-0.15, -0.1) is 11.3 Å². The molecule has 3 atom stereocenters. The van der Waals surface area contributed by atoms with Crippen LogP contribution in [0.25, 0.3) is 0 Å². The van der Waals surface area contributed by atoms with E-state index in [0.29, 0.717) is 12.0 Å². The number of hydrogen-bond donors (Lipinski definition) is 1. The molecule has 0 aromatic carbocycles. The van der Waals surface area contributed by atoms with Crippen molar-refractivity contribution in [1.29, 1.82) is 0 Å². The van der Waals surface area contributed by atoms with Crippen molar-refractivity contribution in [3.05, 3.63) is 16.1 Å². The van der Waals surface area contributed by atoms with Gasteiger partial charge in [-0.05, 0) is 32.2 Å². The molecule has 0 aliphatic carbocycles. The van der Waals surface area contributed by atoms with E-state index in [1.807, 2.05) is 0 Å². The van der Waals surface area contributed by atoms with Gasteiger partial charge in [0.2, 0.25) is 0 Å². The molecular weight excluding hydrogens is 284 g/mol. The number of hydrogen-bond acceptors (Lipinski definition) is 5. The van der Waals surface area contributed by atoms with E-state index in [1.165, 1.54) is 5.69 Å². The van der Waals surface area contributed by atoms with E-state index in [2.05, 4.69) is 29.5 Å². The van der Waals surface area contributed by atoms with Crippen LogP contribution in [-0.4, -0.2) is 43.0 Å². The van der Waals surface area contributed by atoms with Gasteiger partial charge in [0.1, 0.15) is 0 Å². The SMILES string of the molecule is CCNC(Cc1csc(C)n1)C1CCOC2(CCOC2)C1. The third-order valence-electron chi connectivity index (χ3n) is 4.73. The molecule has 118 valence electrons. The minimum absolute atomic E-state index is 0.00538. The summed E-state index contributed by atoms with van der Waals surface area (Å²) in [5.41, 5.74) is 1.22. The number of likely N-dealkylation sites (N-methyl/N-ethyl adjacent to an activating group) is 1. The number of nitrogens with zero attached hydrogens (tertiary/aromatic N) is 1. The molecule has 3 unspecified atom stereocenters. The Morgan fingerprint density at radius 2 is 2.43 bits per heavy atom. The number of aryl methyl sites for hydroxylation is 1. The standard InChI is InChI=1S/C16H26N2O2S/c1-3-17-15(8-14-10-21-12(2)18-14)13-4-6-20-16(9-13)5-7-19-11-16/h10,13,15,17H,3-9,11H2,1-2H3. The topological polar surface area (TPSA) is 43.4 Å². The second-order valence-electron chi connectivity index (χ2n) is 6.31. The van der Waals surface area contributed by atoms with Crippen LogP contribution >= 0.6 is 11.3 Å². The van der Waals surface area contributed by atoms with Gasteiger partial charge in [-0.2, -0.15) is 0 Å². The van der Waals surface area contributed by atoms with Gasteiger partial charge in [-0.3, -0.25) is 0 Å². The summed E-state index contributed by atoms with van der Waals surface area (Å²) < 4.78 is 11.7. The van der Waals surface area contributed by atoms with Gasteiger partial charge in [0.05, 0.1) is 22.9 Å². The maximum atomic E-state index is 6.07. The third kappa shape index (κ3) is 3.65. The van der Waals surface area contributed by atoms with E-state index in [-0.39, 0.29) is 5.60 Å². The van der Waals surface area contributed by atoms with Gasteiger partial charge in [-0.1, -0.05) is 6.92 Å². The van der Waals surface area contributed by atoms with Crippen molar-refractivity contribution >= 4 is 11.3 Å². The van der Waals surface area contributed by atoms with Crippen LogP contribution < -0.4 is 5.32 Å². The number of nitrogens with one attached hydrogen (secondary N) is 1. The molecule has 1 N–H and O–H groups in total. The number of ether oxygens (including phenoxy) is 2. The molecule has 1 spiro atoms. The summed E-state index contributed by atoms with van der Waals surface area (Å²) in [6, 6.07) is 0.498. The molecule has 2 saturated heterocycles. The molecule has 2 aliphatic rings. The molecule has 1 aromatic heterocycles. The first-order valence-electron chi connectivity index (χ1n) is 8.07. The summed E-state index contributed by atoms with van der Waals surface area (Å²) in [5, 5.41) is 7.05. The van der Waals surface area contributed by atoms with Gasteiger partial charge >= 0.3 is 0 Å². The summed E-state index contributed by atoms with van der Waals surface area (Å²) in [4.78, 5) is 4.64. The minimum Gasteiger partial charge on any atom is -0.378 e. The minimum atomic E-state index is -0.00538. The zero-order chi connectivity index (χ0) is 14.7. The van der Waals surface area contributed by atoms with Crippen LogP contribution in [0.2, 0.25) is 0 Å². The highest BCUT2D eigenvalue weighted by Gasteiger charge is 2.42. The Hall–Kier alpha value is -0.490. The van der Waals surface area contributed by atoms with Crippen LogP contribution in [0.5, 0.6) is 0 Å². The van der Waals surface area contributed by atoms with E-state index < -0.39 is 0 Å². The van der Waals surface area contributed by atoms with Crippen molar-refractivity contribution in [2.45, 2.75) is 51.2 Å². The van der Waals surface area contributed by atoms with Crippen molar-refractivity contribution < 1.29 is 9.47 Å². The molecule has 2 aliphatic heterocycles.